The van der Waals surface area contributed by atoms with E-state index in [9.17, 15) is 0 Å². The first kappa shape index (κ1) is 22.2. The predicted octanol–water partition coefficient (Wildman–Crippen LogP) is 5.48. The molecule has 0 saturated carbocycles. The van der Waals surface area contributed by atoms with Crippen LogP contribution in [0.3, 0.4) is 0 Å². The number of anilines is 1. The Morgan fingerprint density at radius 1 is 1.07 bits per heavy atom. The van der Waals surface area contributed by atoms with Crippen LogP contribution < -0.4 is 5.73 Å². The fraction of sp³-hybridized carbons (Fsp3) is 0.480. The van der Waals surface area contributed by atoms with Crippen molar-refractivity contribution in [3.8, 4) is 0 Å². The molecule has 0 fully saturated rings. The Bertz CT molecular complexity index is 806. The second-order valence-electron chi connectivity index (χ2n) is 8.39. The lowest BCUT2D eigenvalue weighted by atomic mass is 9.92. The standard InChI is InChI=1S/C25H37N3/c1-7-8-9-10-22-16-23(19(4)27-25(22)26)15-21-12-11-20(17-28(5)6)14-24(21)13-18(2)3/h11-12,14,16H,2,7-10,13,15,17H2,1,3-6H3,(H2,26,27). The molecule has 2 N–H and O–H groups in total. The number of pyridine rings is 1. The Hall–Kier alpha value is -2.13. The highest BCUT2D eigenvalue weighted by molar-refractivity contribution is 5.46. The first-order chi connectivity index (χ1) is 13.3. The Morgan fingerprint density at radius 2 is 1.82 bits per heavy atom. The van der Waals surface area contributed by atoms with Crippen LogP contribution in [0.2, 0.25) is 0 Å². The van der Waals surface area contributed by atoms with Crippen molar-refractivity contribution >= 4 is 5.82 Å². The zero-order chi connectivity index (χ0) is 20.7. The van der Waals surface area contributed by atoms with Gasteiger partial charge in [0.05, 0.1) is 0 Å². The molecule has 28 heavy (non-hydrogen) atoms. The van der Waals surface area contributed by atoms with Gasteiger partial charge in [0.2, 0.25) is 0 Å². The molecular formula is C25H37N3. The van der Waals surface area contributed by atoms with Gasteiger partial charge >= 0.3 is 0 Å². The molecule has 0 atom stereocenters. The van der Waals surface area contributed by atoms with E-state index < -0.39 is 0 Å². The van der Waals surface area contributed by atoms with E-state index in [1.807, 2.05) is 0 Å². The van der Waals surface area contributed by atoms with Gasteiger partial charge in [0, 0.05) is 12.2 Å². The molecule has 1 aromatic heterocycles. The second-order valence-corrected chi connectivity index (χ2v) is 8.39. The van der Waals surface area contributed by atoms with Crippen LogP contribution in [0.1, 0.15) is 66.6 Å². The highest BCUT2D eigenvalue weighted by atomic mass is 15.0. The Kier molecular flexibility index (Phi) is 8.25. The predicted molar refractivity (Wildman–Crippen MR) is 122 cm³/mol. The number of rotatable bonds is 10. The lowest BCUT2D eigenvalue weighted by molar-refractivity contribution is 0.402. The zero-order valence-electron chi connectivity index (χ0n) is 18.4. The number of hydrogen-bond acceptors (Lipinski definition) is 3. The number of hydrogen-bond donors (Lipinski definition) is 1. The minimum atomic E-state index is 0.695. The average Bonchev–Trinajstić information content (AvgIpc) is 2.60. The summed E-state index contributed by atoms with van der Waals surface area (Å²) < 4.78 is 0. The van der Waals surface area contributed by atoms with Crippen molar-refractivity contribution in [1.82, 2.24) is 9.88 Å². The van der Waals surface area contributed by atoms with Crippen molar-refractivity contribution < 1.29 is 0 Å². The van der Waals surface area contributed by atoms with Crippen LogP contribution in [0.15, 0.2) is 36.4 Å². The van der Waals surface area contributed by atoms with Crippen molar-refractivity contribution in [3.63, 3.8) is 0 Å². The lowest BCUT2D eigenvalue weighted by Gasteiger charge is -2.16. The van der Waals surface area contributed by atoms with E-state index in [1.165, 1.54) is 52.7 Å². The first-order valence-corrected chi connectivity index (χ1v) is 10.4. The zero-order valence-corrected chi connectivity index (χ0v) is 18.4. The Labute approximate surface area is 171 Å². The number of nitrogen functional groups attached to an aromatic ring is 1. The van der Waals surface area contributed by atoms with Crippen LogP contribution >= 0.6 is 0 Å². The summed E-state index contributed by atoms with van der Waals surface area (Å²) in [4.78, 5) is 6.85. The van der Waals surface area contributed by atoms with Crippen molar-refractivity contribution in [2.75, 3.05) is 19.8 Å². The van der Waals surface area contributed by atoms with E-state index in [4.69, 9.17) is 5.73 Å². The number of nitrogens with zero attached hydrogens (tertiary/aromatic N) is 2. The van der Waals surface area contributed by atoms with Crippen LogP contribution in [-0.2, 0) is 25.8 Å². The summed E-state index contributed by atoms with van der Waals surface area (Å²) in [5.41, 5.74) is 15.0. The second kappa shape index (κ2) is 10.4. The molecule has 0 aliphatic heterocycles. The summed E-state index contributed by atoms with van der Waals surface area (Å²) in [6, 6.07) is 9.15. The molecule has 1 heterocycles. The highest BCUT2D eigenvalue weighted by Gasteiger charge is 2.11. The molecule has 152 valence electrons. The molecule has 0 aliphatic carbocycles. The van der Waals surface area contributed by atoms with E-state index in [2.05, 4.69) is 75.6 Å². The summed E-state index contributed by atoms with van der Waals surface area (Å²) in [5, 5.41) is 0. The summed E-state index contributed by atoms with van der Waals surface area (Å²) in [5.74, 6) is 0.695. The molecular weight excluding hydrogens is 342 g/mol. The summed E-state index contributed by atoms with van der Waals surface area (Å²) in [7, 11) is 4.21. The average molecular weight is 380 g/mol. The third-order valence-corrected chi connectivity index (χ3v) is 5.12. The van der Waals surface area contributed by atoms with Gasteiger partial charge in [0.1, 0.15) is 5.82 Å². The molecule has 3 heteroatoms. The van der Waals surface area contributed by atoms with Crippen LogP contribution in [0.5, 0.6) is 0 Å². The van der Waals surface area contributed by atoms with Crippen LogP contribution in [0, 0.1) is 6.92 Å². The summed E-state index contributed by atoms with van der Waals surface area (Å²) >= 11 is 0. The minimum Gasteiger partial charge on any atom is -0.383 e. The molecule has 0 unspecified atom stereocenters. The Morgan fingerprint density at radius 3 is 2.46 bits per heavy atom. The van der Waals surface area contributed by atoms with Gasteiger partial charge in [-0.15, -0.1) is 0 Å². The maximum atomic E-state index is 6.20. The van der Waals surface area contributed by atoms with Gasteiger partial charge in [-0.25, -0.2) is 4.98 Å². The molecule has 0 bridgehead atoms. The van der Waals surface area contributed by atoms with E-state index in [-0.39, 0.29) is 0 Å². The smallest absolute Gasteiger partial charge is 0.126 e. The first-order valence-electron chi connectivity index (χ1n) is 10.4. The molecule has 0 spiro atoms. The molecule has 0 radical (unpaired) electrons. The molecule has 3 nitrogen and oxygen atoms in total. The fourth-order valence-corrected chi connectivity index (χ4v) is 3.67. The number of allylic oxidation sites excluding steroid dienone is 1. The van der Waals surface area contributed by atoms with E-state index in [1.54, 1.807) is 0 Å². The lowest BCUT2D eigenvalue weighted by Crippen LogP contribution is -2.11. The topological polar surface area (TPSA) is 42.1 Å². The summed E-state index contributed by atoms with van der Waals surface area (Å²) in [6.07, 6.45) is 6.45. The van der Waals surface area contributed by atoms with Crippen LogP contribution in [0.4, 0.5) is 5.82 Å². The largest absolute Gasteiger partial charge is 0.383 e. The normalized spacial score (nSPS) is 11.2. The molecule has 1 aromatic carbocycles. The molecule has 2 aromatic rings. The van der Waals surface area contributed by atoms with Gasteiger partial charge in [-0.2, -0.15) is 0 Å². The third kappa shape index (κ3) is 6.49. The molecule has 0 amide bonds. The molecule has 2 rings (SSSR count). The number of aromatic nitrogens is 1. The maximum absolute atomic E-state index is 6.20. The van der Waals surface area contributed by atoms with Gasteiger partial charge in [0.15, 0.2) is 0 Å². The number of nitrogens with two attached hydrogens (primary N) is 1. The molecule has 0 saturated heterocycles. The van der Waals surface area contributed by atoms with Crippen LogP contribution in [0.25, 0.3) is 0 Å². The highest BCUT2D eigenvalue weighted by Crippen LogP contribution is 2.24. The quantitative estimate of drug-likeness (QED) is 0.439. The van der Waals surface area contributed by atoms with Crippen molar-refractivity contribution in [3.05, 3.63) is 69.9 Å². The number of aryl methyl sites for hydroxylation is 2. The maximum Gasteiger partial charge on any atom is 0.126 e. The SMILES string of the molecule is C=C(C)Cc1cc(CN(C)C)ccc1Cc1cc(CCCCC)c(N)nc1C. The van der Waals surface area contributed by atoms with Gasteiger partial charge in [0.25, 0.3) is 0 Å². The van der Waals surface area contributed by atoms with Crippen molar-refractivity contribution in [2.45, 2.75) is 65.8 Å². The van der Waals surface area contributed by atoms with Gasteiger partial charge in [-0.05, 0) is 81.4 Å². The van der Waals surface area contributed by atoms with E-state index in [0.717, 1.165) is 31.5 Å². The number of benzene rings is 1. The van der Waals surface area contributed by atoms with E-state index in [0.29, 0.717) is 5.82 Å². The third-order valence-electron chi connectivity index (χ3n) is 5.12. The van der Waals surface area contributed by atoms with Crippen molar-refractivity contribution in [2.24, 2.45) is 0 Å². The van der Waals surface area contributed by atoms with Gasteiger partial charge in [-0.1, -0.05) is 56.2 Å². The minimum absolute atomic E-state index is 0.695. The summed E-state index contributed by atoms with van der Waals surface area (Å²) in [6.45, 7) is 11.5. The van der Waals surface area contributed by atoms with Crippen molar-refractivity contribution in [1.29, 1.82) is 0 Å². The number of unbranched alkanes of at least 4 members (excludes halogenated alkanes) is 2. The Balaban J connectivity index is 2.32. The van der Waals surface area contributed by atoms with Gasteiger partial charge in [-0.3, -0.25) is 0 Å². The van der Waals surface area contributed by atoms with Crippen LogP contribution in [-0.4, -0.2) is 24.0 Å². The molecule has 0 aliphatic rings. The van der Waals surface area contributed by atoms with E-state index >= 15 is 0 Å². The van der Waals surface area contributed by atoms with Gasteiger partial charge < -0.3 is 10.6 Å². The fourth-order valence-electron chi connectivity index (χ4n) is 3.67. The monoisotopic (exact) mass is 379 g/mol.